The molecule has 1 saturated heterocycles. The highest BCUT2D eigenvalue weighted by atomic mass is 16.5. The summed E-state index contributed by atoms with van der Waals surface area (Å²) < 4.78 is 11.1. The van der Waals surface area contributed by atoms with Gasteiger partial charge in [-0.3, -0.25) is 0 Å². The van der Waals surface area contributed by atoms with Gasteiger partial charge in [-0.05, 0) is 19.3 Å². The lowest BCUT2D eigenvalue weighted by molar-refractivity contribution is -0.0423. The fraction of sp³-hybridized carbons (Fsp3) is 0.778. The SMILES string of the molecule is C1=C[C@@H]2OCCCC[C@@H]2OC1. The number of ether oxygens (including phenoxy) is 2. The first-order valence-electron chi connectivity index (χ1n) is 4.37. The number of rotatable bonds is 0. The Morgan fingerprint density at radius 3 is 3.18 bits per heavy atom. The second-order valence-corrected chi connectivity index (χ2v) is 3.13. The van der Waals surface area contributed by atoms with E-state index in [0.717, 1.165) is 19.6 Å². The van der Waals surface area contributed by atoms with Gasteiger partial charge >= 0.3 is 0 Å². The van der Waals surface area contributed by atoms with Crippen LogP contribution in [0.25, 0.3) is 0 Å². The van der Waals surface area contributed by atoms with Gasteiger partial charge < -0.3 is 9.47 Å². The zero-order chi connectivity index (χ0) is 7.52. The molecule has 0 bridgehead atoms. The smallest absolute Gasteiger partial charge is 0.102 e. The molecule has 2 rings (SSSR count). The minimum absolute atomic E-state index is 0.242. The van der Waals surface area contributed by atoms with Gasteiger partial charge in [-0.1, -0.05) is 12.2 Å². The molecular weight excluding hydrogens is 140 g/mol. The van der Waals surface area contributed by atoms with Crippen molar-refractivity contribution in [1.82, 2.24) is 0 Å². The summed E-state index contributed by atoms with van der Waals surface area (Å²) in [5, 5.41) is 0. The molecule has 2 heterocycles. The Balaban J connectivity index is 2.02. The molecule has 0 spiro atoms. The average Bonchev–Trinajstić information content (AvgIpc) is 2.28. The Kier molecular flexibility index (Phi) is 2.24. The fourth-order valence-electron chi connectivity index (χ4n) is 1.67. The molecule has 0 amide bonds. The summed E-state index contributed by atoms with van der Waals surface area (Å²) in [7, 11) is 0. The lowest BCUT2D eigenvalue weighted by Crippen LogP contribution is -2.31. The van der Waals surface area contributed by atoms with Crippen molar-refractivity contribution in [3.8, 4) is 0 Å². The molecule has 0 saturated carbocycles. The van der Waals surface area contributed by atoms with E-state index in [2.05, 4.69) is 6.08 Å². The van der Waals surface area contributed by atoms with Crippen molar-refractivity contribution in [3.63, 3.8) is 0 Å². The molecule has 11 heavy (non-hydrogen) atoms. The number of fused-ring (bicyclic) bond motifs is 1. The highest BCUT2D eigenvalue weighted by Gasteiger charge is 2.24. The topological polar surface area (TPSA) is 18.5 Å². The van der Waals surface area contributed by atoms with Crippen LogP contribution in [0.15, 0.2) is 12.2 Å². The first kappa shape index (κ1) is 7.32. The predicted molar refractivity (Wildman–Crippen MR) is 42.5 cm³/mol. The Morgan fingerprint density at radius 2 is 2.18 bits per heavy atom. The summed E-state index contributed by atoms with van der Waals surface area (Å²) in [5.74, 6) is 0. The van der Waals surface area contributed by atoms with Crippen LogP contribution >= 0.6 is 0 Å². The number of hydrogen-bond acceptors (Lipinski definition) is 2. The summed E-state index contributed by atoms with van der Waals surface area (Å²) in [4.78, 5) is 0. The van der Waals surface area contributed by atoms with E-state index in [1.165, 1.54) is 12.8 Å². The van der Waals surface area contributed by atoms with E-state index in [-0.39, 0.29) is 6.10 Å². The van der Waals surface area contributed by atoms with E-state index >= 15 is 0 Å². The molecular formula is C9H14O2. The third kappa shape index (κ3) is 1.63. The normalized spacial score (nSPS) is 37.8. The van der Waals surface area contributed by atoms with Gasteiger partial charge in [-0.25, -0.2) is 0 Å². The molecule has 0 N–H and O–H groups in total. The molecule has 2 heteroatoms. The van der Waals surface area contributed by atoms with Crippen molar-refractivity contribution in [2.45, 2.75) is 31.5 Å². The maximum atomic E-state index is 5.60. The molecule has 0 radical (unpaired) electrons. The van der Waals surface area contributed by atoms with Crippen LogP contribution < -0.4 is 0 Å². The molecule has 2 aliphatic rings. The van der Waals surface area contributed by atoms with Crippen LogP contribution in [0.4, 0.5) is 0 Å². The van der Waals surface area contributed by atoms with E-state index in [4.69, 9.17) is 9.47 Å². The molecule has 2 atom stereocenters. The molecule has 0 aromatic heterocycles. The van der Waals surface area contributed by atoms with Crippen LogP contribution in [0.1, 0.15) is 19.3 Å². The third-order valence-electron chi connectivity index (χ3n) is 2.29. The van der Waals surface area contributed by atoms with Crippen molar-refractivity contribution < 1.29 is 9.47 Å². The first-order chi connectivity index (χ1) is 5.47. The monoisotopic (exact) mass is 154 g/mol. The summed E-state index contributed by atoms with van der Waals surface area (Å²) in [6.45, 7) is 1.67. The van der Waals surface area contributed by atoms with Crippen LogP contribution in [0.3, 0.4) is 0 Å². The van der Waals surface area contributed by atoms with E-state index < -0.39 is 0 Å². The van der Waals surface area contributed by atoms with Crippen molar-refractivity contribution >= 4 is 0 Å². The maximum absolute atomic E-state index is 5.60. The van der Waals surface area contributed by atoms with Gasteiger partial charge in [0.05, 0.1) is 12.7 Å². The van der Waals surface area contributed by atoms with Gasteiger partial charge in [0.1, 0.15) is 6.10 Å². The minimum atomic E-state index is 0.242. The predicted octanol–water partition coefficient (Wildman–Crippen LogP) is 1.51. The summed E-state index contributed by atoms with van der Waals surface area (Å²) in [5.41, 5.74) is 0. The van der Waals surface area contributed by atoms with Crippen LogP contribution in [0.2, 0.25) is 0 Å². The lowest BCUT2D eigenvalue weighted by Gasteiger charge is -2.25. The van der Waals surface area contributed by atoms with E-state index in [0.29, 0.717) is 6.10 Å². The van der Waals surface area contributed by atoms with Crippen LogP contribution in [-0.4, -0.2) is 25.4 Å². The molecule has 62 valence electrons. The van der Waals surface area contributed by atoms with Gasteiger partial charge in [-0.15, -0.1) is 0 Å². The molecule has 0 aromatic rings. The zero-order valence-electron chi connectivity index (χ0n) is 6.66. The van der Waals surface area contributed by atoms with Crippen molar-refractivity contribution in [2.75, 3.05) is 13.2 Å². The summed E-state index contributed by atoms with van der Waals surface area (Å²) >= 11 is 0. The summed E-state index contributed by atoms with van der Waals surface area (Å²) in [6, 6.07) is 0. The second-order valence-electron chi connectivity index (χ2n) is 3.13. The summed E-state index contributed by atoms with van der Waals surface area (Å²) in [6.07, 6.45) is 8.36. The highest BCUT2D eigenvalue weighted by molar-refractivity contribution is 4.98. The van der Waals surface area contributed by atoms with Gasteiger partial charge in [0.25, 0.3) is 0 Å². The van der Waals surface area contributed by atoms with Crippen LogP contribution in [0.5, 0.6) is 0 Å². The minimum Gasteiger partial charge on any atom is -0.371 e. The highest BCUT2D eigenvalue weighted by Crippen LogP contribution is 2.20. The van der Waals surface area contributed by atoms with Gasteiger partial charge in [0.15, 0.2) is 0 Å². The third-order valence-corrected chi connectivity index (χ3v) is 2.29. The molecule has 0 aromatic carbocycles. The van der Waals surface area contributed by atoms with Crippen molar-refractivity contribution in [1.29, 1.82) is 0 Å². The fourth-order valence-corrected chi connectivity index (χ4v) is 1.67. The van der Waals surface area contributed by atoms with Gasteiger partial charge in [-0.2, -0.15) is 0 Å². The Labute approximate surface area is 67.2 Å². The quantitative estimate of drug-likeness (QED) is 0.492. The number of hydrogen-bond donors (Lipinski definition) is 0. The molecule has 2 nitrogen and oxygen atoms in total. The Morgan fingerprint density at radius 1 is 1.18 bits per heavy atom. The zero-order valence-corrected chi connectivity index (χ0v) is 6.66. The standard InChI is InChI=1S/C9H14O2/c1-2-6-10-9-5-3-7-11-8(9)4-1/h3,5,8-9H,1-2,4,6-7H2/t8-,9-/m0/s1. The molecule has 0 unspecified atom stereocenters. The Hall–Kier alpha value is -0.340. The van der Waals surface area contributed by atoms with E-state index in [1.807, 2.05) is 6.08 Å². The van der Waals surface area contributed by atoms with Crippen molar-refractivity contribution in [3.05, 3.63) is 12.2 Å². The van der Waals surface area contributed by atoms with E-state index in [1.54, 1.807) is 0 Å². The van der Waals surface area contributed by atoms with Crippen LogP contribution in [-0.2, 0) is 9.47 Å². The largest absolute Gasteiger partial charge is 0.371 e. The molecule has 1 fully saturated rings. The average molecular weight is 154 g/mol. The van der Waals surface area contributed by atoms with E-state index in [9.17, 15) is 0 Å². The van der Waals surface area contributed by atoms with Crippen molar-refractivity contribution in [2.24, 2.45) is 0 Å². The van der Waals surface area contributed by atoms with Gasteiger partial charge in [0, 0.05) is 6.61 Å². The van der Waals surface area contributed by atoms with Gasteiger partial charge in [0.2, 0.25) is 0 Å². The first-order valence-corrected chi connectivity index (χ1v) is 4.37. The maximum Gasteiger partial charge on any atom is 0.102 e. The Bertz CT molecular complexity index is 154. The molecule has 2 aliphatic heterocycles. The lowest BCUT2D eigenvalue weighted by atomic mass is 10.1. The van der Waals surface area contributed by atoms with Crippen LogP contribution in [0, 0.1) is 0 Å². The second kappa shape index (κ2) is 3.37. The molecule has 0 aliphatic carbocycles.